The van der Waals surface area contributed by atoms with Gasteiger partial charge in [0, 0.05) is 37.4 Å². The van der Waals surface area contributed by atoms with Gasteiger partial charge in [0.1, 0.15) is 5.75 Å². The Balaban J connectivity index is 1.27. The van der Waals surface area contributed by atoms with Crippen LogP contribution in [-0.4, -0.2) is 53.3 Å². The number of ether oxygens (including phenoxy) is 2. The zero-order chi connectivity index (χ0) is 18.6. The summed E-state index contributed by atoms with van der Waals surface area (Å²) in [6, 6.07) is 12.3. The molecule has 0 unspecified atom stereocenters. The Kier molecular flexibility index (Phi) is 5.36. The molecule has 2 aliphatic heterocycles. The van der Waals surface area contributed by atoms with E-state index in [9.17, 15) is 9.90 Å². The minimum Gasteiger partial charge on any atom is -0.508 e. The van der Waals surface area contributed by atoms with Gasteiger partial charge in [-0.3, -0.25) is 9.78 Å². The van der Waals surface area contributed by atoms with Crippen LogP contribution in [0.5, 0.6) is 5.75 Å². The third-order valence-electron chi connectivity index (χ3n) is 5.43. The molecule has 1 amide bonds. The summed E-state index contributed by atoms with van der Waals surface area (Å²) in [5, 5.41) is 9.60. The summed E-state index contributed by atoms with van der Waals surface area (Å²) in [5.41, 5.74) is 1.45. The van der Waals surface area contributed by atoms with Gasteiger partial charge in [-0.1, -0.05) is 12.1 Å². The predicted molar refractivity (Wildman–Crippen MR) is 99.2 cm³/mol. The van der Waals surface area contributed by atoms with Crippen molar-refractivity contribution in [2.45, 2.75) is 19.1 Å². The number of phenolic OH excluding ortho intramolecular Hbond substituents is 1. The number of hydrogen-bond donors (Lipinski definition) is 1. The van der Waals surface area contributed by atoms with E-state index in [0.29, 0.717) is 43.7 Å². The number of carbonyl (C=O) groups is 1. The maximum absolute atomic E-state index is 12.7. The highest BCUT2D eigenvalue weighted by molar-refractivity contribution is 5.94. The molecule has 6 nitrogen and oxygen atoms in total. The van der Waals surface area contributed by atoms with Gasteiger partial charge in [0.05, 0.1) is 25.0 Å². The fourth-order valence-corrected chi connectivity index (χ4v) is 3.98. The van der Waals surface area contributed by atoms with Crippen molar-refractivity contribution in [1.29, 1.82) is 0 Å². The molecule has 2 fully saturated rings. The summed E-state index contributed by atoms with van der Waals surface area (Å²) in [5.74, 6) is 0.818. The highest BCUT2D eigenvalue weighted by Gasteiger charge is 2.44. The largest absolute Gasteiger partial charge is 0.508 e. The van der Waals surface area contributed by atoms with Crippen molar-refractivity contribution in [3.05, 3.63) is 59.9 Å². The highest BCUT2D eigenvalue weighted by atomic mass is 16.5. The number of phenols is 1. The fraction of sp³-hybridized carbons (Fsp3) is 0.429. The van der Waals surface area contributed by atoms with Crippen LogP contribution in [0, 0.1) is 11.8 Å². The molecule has 0 saturated carbocycles. The number of aromatic nitrogens is 1. The van der Waals surface area contributed by atoms with Crippen LogP contribution in [0.15, 0.2) is 48.7 Å². The Labute approximate surface area is 158 Å². The maximum atomic E-state index is 12.7. The fourth-order valence-electron chi connectivity index (χ4n) is 3.98. The van der Waals surface area contributed by atoms with Crippen molar-refractivity contribution >= 4 is 5.91 Å². The van der Waals surface area contributed by atoms with E-state index in [-0.39, 0.29) is 17.8 Å². The van der Waals surface area contributed by atoms with Gasteiger partial charge in [0.25, 0.3) is 5.91 Å². The second-order valence-corrected chi connectivity index (χ2v) is 7.22. The predicted octanol–water partition coefficient (Wildman–Crippen LogP) is 2.48. The number of amides is 1. The lowest BCUT2D eigenvalue weighted by molar-refractivity contribution is 0.0646. The molecule has 6 heteroatoms. The number of aromatic hydroxyl groups is 1. The number of fused-ring (bicyclic) bond motifs is 1. The van der Waals surface area contributed by atoms with E-state index in [4.69, 9.17) is 9.47 Å². The lowest BCUT2D eigenvalue weighted by Gasteiger charge is -2.20. The van der Waals surface area contributed by atoms with E-state index < -0.39 is 0 Å². The molecule has 2 aliphatic rings. The van der Waals surface area contributed by atoms with Crippen LogP contribution in [0.4, 0.5) is 0 Å². The Morgan fingerprint density at radius 2 is 2.19 bits per heavy atom. The smallest absolute Gasteiger partial charge is 0.254 e. The molecular weight excluding hydrogens is 344 g/mol. The van der Waals surface area contributed by atoms with Crippen LogP contribution >= 0.6 is 0 Å². The monoisotopic (exact) mass is 368 g/mol. The Bertz CT molecular complexity index is 783. The number of hydrogen-bond acceptors (Lipinski definition) is 5. The molecule has 0 spiro atoms. The van der Waals surface area contributed by atoms with Crippen LogP contribution < -0.4 is 0 Å². The van der Waals surface area contributed by atoms with Crippen LogP contribution in [0.1, 0.15) is 22.5 Å². The molecule has 2 saturated heterocycles. The van der Waals surface area contributed by atoms with E-state index >= 15 is 0 Å². The van der Waals surface area contributed by atoms with Gasteiger partial charge in [-0.15, -0.1) is 0 Å². The van der Waals surface area contributed by atoms with Crippen LogP contribution in [0.3, 0.4) is 0 Å². The molecule has 4 rings (SSSR count). The summed E-state index contributed by atoms with van der Waals surface area (Å²) in [4.78, 5) is 18.8. The third kappa shape index (κ3) is 4.12. The van der Waals surface area contributed by atoms with Crippen molar-refractivity contribution < 1.29 is 19.4 Å². The number of nitrogens with zero attached hydrogens (tertiary/aromatic N) is 2. The second kappa shape index (κ2) is 8.06. The topological polar surface area (TPSA) is 71.9 Å². The molecule has 0 bridgehead atoms. The maximum Gasteiger partial charge on any atom is 0.254 e. The van der Waals surface area contributed by atoms with E-state index in [2.05, 4.69) is 4.98 Å². The van der Waals surface area contributed by atoms with E-state index in [0.717, 1.165) is 18.7 Å². The molecule has 27 heavy (non-hydrogen) atoms. The van der Waals surface area contributed by atoms with Gasteiger partial charge in [-0.25, -0.2) is 0 Å². The number of likely N-dealkylation sites (tertiary alicyclic amines) is 1. The highest BCUT2D eigenvalue weighted by Crippen LogP contribution is 2.36. The number of rotatable bonds is 6. The van der Waals surface area contributed by atoms with E-state index in [1.807, 2.05) is 23.1 Å². The molecule has 1 aromatic carbocycles. The molecular formula is C21H24N2O4. The standard InChI is InChI=1S/C21H24N2O4/c24-18-6-3-4-15(10-18)21(25)23-11-19-16(13-27-20(19)12-23)7-9-26-14-17-5-1-2-8-22-17/h1-6,8,10,16,19-20,24H,7,9,11-14H2/t16-,19-,20-/m0/s1. The Hall–Kier alpha value is -2.44. The summed E-state index contributed by atoms with van der Waals surface area (Å²) in [7, 11) is 0. The third-order valence-corrected chi connectivity index (χ3v) is 5.43. The lowest BCUT2D eigenvalue weighted by Crippen LogP contribution is -2.31. The molecule has 3 atom stereocenters. The average molecular weight is 368 g/mol. The minimum absolute atomic E-state index is 0.0472. The molecule has 3 heterocycles. The van der Waals surface area contributed by atoms with Crippen molar-refractivity contribution in [2.24, 2.45) is 11.8 Å². The molecule has 0 aliphatic carbocycles. The van der Waals surface area contributed by atoms with Gasteiger partial charge < -0.3 is 19.5 Å². The van der Waals surface area contributed by atoms with Gasteiger partial charge >= 0.3 is 0 Å². The van der Waals surface area contributed by atoms with Gasteiger partial charge in [0.15, 0.2) is 0 Å². The first-order valence-corrected chi connectivity index (χ1v) is 9.38. The van der Waals surface area contributed by atoms with Gasteiger partial charge in [-0.2, -0.15) is 0 Å². The van der Waals surface area contributed by atoms with Gasteiger partial charge in [0.2, 0.25) is 0 Å². The second-order valence-electron chi connectivity index (χ2n) is 7.22. The molecule has 2 aromatic rings. The van der Waals surface area contributed by atoms with Crippen molar-refractivity contribution in [3.8, 4) is 5.75 Å². The first-order valence-electron chi connectivity index (χ1n) is 9.38. The zero-order valence-corrected chi connectivity index (χ0v) is 15.2. The first-order chi connectivity index (χ1) is 13.2. The molecule has 142 valence electrons. The summed E-state index contributed by atoms with van der Waals surface area (Å²) >= 11 is 0. The normalized spacial score (nSPS) is 24.1. The van der Waals surface area contributed by atoms with Crippen LogP contribution in [0.2, 0.25) is 0 Å². The van der Waals surface area contributed by atoms with Crippen molar-refractivity contribution in [2.75, 3.05) is 26.3 Å². The number of pyridine rings is 1. The average Bonchev–Trinajstić information content (AvgIpc) is 3.27. The molecule has 1 N–H and O–H groups in total. The minimum atomic E-state index is -0.0472. The van der Waals surface area contributed by atoms with Crippen LogP contribution in [0.25, 0.3) is 0 Å². The summed E-state index contributed by atoms with van der Waals surface area (Å²) < 4.78 is 11.7. The quantitative estimate of drug-likeness (QED) is 0.793. The number of carbonyl (C=O) groups excluding carboxylic acids is 1. The van der Waals surface area contributed by atoms with Crippen molar-refractivity contribution in [1.82, 2.24) is 9.88 Å². The van der Waals surface area contributed by atoms with E-state index in [1.54, 1.807) is 24.4 Å². The molecule has 0 radical (unpaired) electrons. The number of benzene rings is 1. The van der Waals surface area contributed by atoms with E-state index in [1.165, 1.54) is 6.07 Å². The molecule has 1 aromatic heterocycles. The summed E-state index contributed by atoms with van der Waals surface area (Å²) in [6.45, 7) is 3.23. The zero-order valence-electron chi connectivity index (χ0n) is 15.2. The SMILES string of the molecule is O=C(c1cccc(O)c1)N1C[C@H]2[C@@H](CCOCc3ccccn3)CO[C@H]2C1. The van der Waals surface area contributed by atoms with Gasteiger partial charge in [-0.05, 0) is 42.7 Å². The van der Waals surface area contributed by atoms with Crippen molar-refractivity contribution in [3.63, 3.8) is 0 Å². The Morgan fingerprint density at radius 1 is 1.26 bits per heavy atom. The lowest BCUT2D eigenvalue weighted by atomic mass is 9.91. The summed E-state index contributed by atoms with van der Waals surface area (Å²) in [6.07, 6.45) is 2.79. The Morgan fingerprint density at radius 3 is 3.00 bits per heavy atom. The first kappa shape index (κ1) is 17.9. The van der Waals surface area contributed by atoms with Crippen LogP contribution in [-0.2, 0) is 16.1 Å².